The minimum absolute atomic E-state index is 0.0221. The fraction of sp³-hybridized carbons (Fsp3) is 0.300. The van der Waals surface area contributed by atoms with Gasteiger partial charge in [0.05, 0.1) is 5.69 Å². The van der Waals surface area contributed by atoms with Crippen LogP contribution in [-0.2, 0) is 4.79 Å². The van der Waals surface area contributed by atoms with E-state index in [9.17, 15) is 13.6 Å². The highest BCUT2D eigenvalue weighted by molar-refractivity contribution is 5.83. The van der Waals surface area contributed by atoms with E-state index in [2.05, 4.69) is 10.6 Å². The molecule has 0 heterocycles. The maximum Gasteiger partial charge on any atom is 0.241 e. The molecule has 5 heteroatoms. The second-order valence-electron chi connectivity index (χ2n) is 3.10. The Morgan fingerprint density at radius 2 is 2.07 bits per heavy atom. The molecule has 82 valence electrons. The highest BCUT2D eigenvalue weighted by atomic mass is 19.1. The number of carbonyl (C=O) groups is 1. The van der Waals surface area contributed by atoms with Gasteiger partial charge in [-0.2, -0.15) is 0 Å². The molecule has 0 radical (unpaired) electrons. The molecule has 1 amide bonds. The fourth-order valence-electron chi connectivity index (χ4n) is 1.12. The van der Waals surface area contributed by atoms with Gasteiger partial charge in [-0.25, -0.2) is 8.78 Å². The number of benzene rings is 1. The molecular formula is C10H12F2N2O. The zero-order chi connectivity index (χ0) is 11.4. The molecule has 0 aromatic heterocycles. The minimum atomic E-state index is -0.619. The summed E-state index contributed by atoms with van der Waals surface area (Å²) in [6.45, 7) is 1.56. The van der Waals surface area contributed by atoms with Crippen molar-refractivity contribution in [2.45, 2.75) is 13.0 Å². The summed E-state index contributed by atoms with van der Waals surface area (Å²) in [4.78, 5) is 11.1. The van der Waals surface area contributed by atoms with Crippen molar-refractivity contribution in [3.63, 3.8) is 0 Å². The van der Waals surface area contributed by atoms with Crippen LogP contribution in [0.2, 0.25) is 0 Å². The lowest BCUT2D eigenvalue weighted by Gasteiger charge is -2.14. The van der Waals surface area contributed by atoms with Crippen molar-refractivity contribution >= 4 is 11.6 Å². The van der Waals surface area contributed by atoms with Crippen molar-refractivity contribution in [2.24, 2.45) is 0 Å². The van der Waals surface area contributed by atoms with Gasteiger partial charge in [-0.1, -0.05) is 0 Å². The van der Waals surface area contributed by atoms with Crippen LogP contribution in [0.3, 0.4) is 0 Å². The molecule has 0 saturated carbocycles. The number of likely N-dealkylation sites (N-methyl/N-ethyl adjacent to an activating group) is 1. The lowest BCUT2D eigenvalue weighted by molar-refractivity contribution is -0.121. The summed E-state index contributed by atoms with van der Waals surface area (Å²) in [5.41, 5.74) is -0.0221. The normalized spacial score (nSPS) is 12.0. The van der Waals surface area contributed by atoms with E-state index in [0.29, 0.717) is 0 Å². The number of rotatable bonds is 3. The zero-order valence-electron chi connectivity index (χ0n) is 8.47. The van der Waals surface area contributed by atoms with E-state index in [4.69, 9.17) is 0 Å². The standard InChI is InChI=1S/C10H12F2N2O/c1-6(10(15)13-2)14-9-5-7(11)3-4-8(9)12/h3-6,14H,1-2H3,(H,13,15). The highest BCUT2D eigenvalue weighted by Gasteiger charge is 2.12. The third-order valence-corrected chi connectivity index (χ3v) is 1.94. The van der Waals surface area contributed by atoms with Crippen LogP contribution in [0, 0.1) is 11.6 Å². The average molecular weight is 214 g/mol. The van der Waals surface area contributed by atoms with Gasteiger partial charge in [0.25, 0.3) is 0 Å². The summed E-state index contributed by atoms with van der Waals surface area (Å²) in [6, 6.07) is 2.42. The Hall–Kier alpha value is -1.65. The number of halogens is 2. The second kappa shape index (κ2) is 4.72. The second-order valence-corrected chi connectivity index (χ2v) is 3.10. The van der Waals surface area contributed by atoms with Crippen molar-refractivity contribution in [2.75, 3.05) is 12.4 Å². The van der Waals surface area contributed by atoms with Crippen LogP contribution in [0.5, 0.6) is 0 Å². The first kappa shape index (κ1) is 11.4. The van der Waals surface area contributed by atoms with Crippen LogP contribution in [-0.4, -0.2) is 19.0 Å². The lowest BCUT2D eigenvalue weighted by atomic mass is 10.2. The van der Waals surface area contributed by atoms with E-state index in [-0.39, 0.29) is 11.6 Å². The summed E-state index contributed by atoms with van der Waals surface area (Å²) in [5, 5.41) is 4.98. The SMILES string of the molecule is CNC(=O)C(C)Nc1cc(F)ccc1F. The van der Waals surface area contributed by atoms with Gasteiger partial charge >= 0.3 is 0 Å². The van der Waals surface area contributed by atoms with E-state index in [0.717, 1.165) is 18.2 Å². The number of hydrogen-bond acceptors (Lipinski definition) is 2. The van der Waals surface area contributed by atoms with Gasteiger partial charge in [-0.05, 0) is 25.1 Å². The average Bonchev–Trinajstić information content (AvgIpc) is 2.22. The topological polar surface area (TPSA) is 41.1 Å². The Kier molecular flexibility index (Phi) is 3.60. The molecule has 0 spiro atoms. The number of nitrogens with one attached hydrogen (secondary N) is 2. The van der Waals surface area contributed by atoms with Crippen LogP contribution in [0.15, 0.2) is 18.2 Å². The molecule has 1 aromatic rings. The smallest absolute Gasteiger partial charge is 0.241 e. The number of hydrogen-bond donors (Lipinski definition) is 2. The minimum Gasteiger partial charge on any atom is -0.371 e. The first-order chi connectivity index (χ1) is 7.04. The summed E-state index contributed by atoms with van der Waals surface area (Å²) < 4.78 is 25.9. The Labute approximate surface area is 86.5 Å². The van der Waals surface area contributed by atoms with Gasteiger partial charge < -0.3 is 10.6 Å². The zero-order valence-corrected chi connectivity index (χ0v) is 8.47. The Morgan fingerprint density at radius 1 is 1.40 bits per heavy atom. The number of carbonyl (C=O) groups excluding carboxylic acids is 1. The molecule has 1 rings (SSSR count). The van der Waals surface area contributed by atoms with E-state index in [1.54, 1.807) is 6.92 Å². The van der Waals surface area contributed by atoms with Crippen molar-refractivity contribution in [3.05, 3.63) is 29.8 Å². The van der Waals surface area contributed by atoms with Gasteiger partial charge in [-0.3, -0.25) is 4.79 Å². The molecule has 1 aromatic carbocycles. The molecule has 3 nitrogen and oxygen atoms in total. The molecule has 0 fully saturated rings. The van der Waals surface area contributed by atoms with Crippen LogP contribution in [0.25, 0.3) is 0 Å². The summed E-state index contributed by atoms with van der Waals surface area (Å²) in [5.74, 6) is -1.44. The fourth-order valence-corrected chi connectivity index (χ4v) is 1.12. The Balaban J connectivity index is 2.80. The van der Waals surface area contributed by atoms with Crippen molar-refractivity contribution < 1.29 is 13.6 Å². The molecule has 0 aliphatic heterocycles. The number of anilines is 1. The summed E-state index contributed by atoms with van der Waals surface area (Å²) >= 11 is 0. The van der Waals surface area contributed by atoms with Crippen molar-refractivity contribution in [3.8, 4) is 0 Å². The van der Waals surface area contributed by atoms with Crippen LogP contribution in [0.1, 0.15) is 6.92 Å². The largest absolute Gasteiger partial charge is 0.371 e. The van der Waals surface area contributed by atoms with E-state index < -0.39 is 17.7 Å². The predicted molar refractivity (Wildman–Crippen MR) is 53.5 cm³/mol. The lowest BCUT2D eigenvalue weighted by Crippen LogP contribution is -2.35. The molecule has 1 unspecified atom stereocenters. The summed E-state index contributed by atoms with van der Waals surface area (Å²) in [6.07, 6.45) is 0. The van der Waals surface area contributed by atoms with E-state index in [1.807, 2.05) is 0 Å². The molecule has 2 N–H and O–H groups in total. The van der Waals surface area contributed by atoms with Crippen molar-refractivity contribution in [1.82, 2.24) is 5.32 Å². The van der Waals surface area contributed by atoms with Gasteiger partial charge in [0, 0.05) is 7.05 Å². The third-order valence-electron chi connectivity index (χ3n) is 1.94. The molecular weight excluding hydrogens is 202 g/mol. The summed E-state index contributed by atoms with van der Waals surface area (Å²) in [7, 11) is 1.47. The van der Waals surface area contributed by atoms with E-state index in [1.165, 1.54) is 7.05 Å². The van der Waals surface area contributed by atoms with Crippen LogP contribution in [0.4, 0.5) is 14.5 Å². The van der Waals surface area contributed by atoms with Crippen LogP contribution < -0.4 is 10.6 Å². The van der Waals surface area contributed by atoms with Crippen LogP contribution >= 0.6 is 0 Å². The molecule has 1 atom stereocenters. The van der Waals surface area contributed by atoms with Gasteiger partial charge in [0.15, 0.2) is 0 Å². The maximum atomic E-state index is 13.1. The Bertz CT molecular complexity index is 368. The molecule has 0 saturated heterocycles. The quantitative estimate of drug-likeness (QED) is 0.800. The van der Waals surface area contributed by atoms with Gasteiger partial charge in [-0.15, -0.1) is 0 Å². The monoisotopic (exact) mass is 214 g/mol. The number of amides is 1. The first-order valence-electron chi connectivity index (χ1n) is 4.47. The molecule has 0 bridgehead atoms. The first-order valence-corrected chi connectivity index (χ1v) is 4.47. The highest BCUT2D eigenvalue weighted by Crippen LogP contribution is 2.16. The Morgan fingerprint density at radius 3 is 2.67 bits per heavy atom. The van der Waals surface area contributed by atoms with E-state index >= 15 is 0 Å². The molecule has 15 heavy (non-hydrogen) atoms. The predicted octanol–water partition coefficient (Wildman–Crippen LogP) is 1.51. The molecule has 0 aliphatic carbocycles. The maximum absolute atomic E-state index is 13.1. The van der Waals surface area contributed by atoms with Crippen molar-refractivity contribution in [1.29, 1.82) is 0 Å². The van der Waals surface area contributed by atoms with Gasteiger partial charge in [0.2, 0.25) is 5.91 Å². The third kappa shape index (κ3) is 2.90. The molecule has 0 aliphatic rings. The van der Waals surface area contributed by atoms with Gasteiger partial charge in [0.1, 0.15) is 17.7 Å².